The zero-order valence-electron chi connectivity index (χ0n) is 11.6. The van der Waals surface area contributed by atoms with E-state index in [0.29, 0.717) is 32.8 Å². The van der Waals surface area contributed by atoms with Crippen molar-refractivity contribution in [2.75, 3.05) is 33.0 Å². The van der Waals surface area contributed by atoms with Gasteiger partial charge in [0.1, 0.15) is 6.61 Å². The molecule has 0 rings (SSSR count). The molecule has 0 spiro atoms. The Balaban J connectivity index is 3.28. The highest BCUT2D eigenvalue weighted by Crippen LogP contribution is 2.06. The molecule has 4 nitrogen and oxygen atoms in total. The smallest absolute Gasteiger partial charge is 0.158 e. The molecule has 0 bridgehead atoms. The first-order valence-corrected chi connectivity index (χ1v) is 6.27. The Hall–Kier alpha value is -0.450. The fourth-order valence-corrected chi connectivity index (χ4v) is 1.10. The van der Waals surface area contributed by atoms with Crippen molar-refractivity contribution < 1.29 is 19.0 Å². The van der Waals surface area contributed by atoms with Gasteiger partial charge in [-0.25, -0.2) is 0 Å². The summed E-state index contributed by atoms with van der Waals surface area (Å²) < 4.78 is 15.8. The monoisotopic (exact) mass is 246 g/mol. The van der Waals surface area contributed by atoms with E-state index in [1.807, 2.05) is 27.7 Å². The zero-order chi connectivity index (χ0) is 13.1. The summed E-state index contributed by atoms with van der Waals surface area (Å²) in [6.07, 6.45) is 1.27. The molecule has 0 atom stereocenters. The van der Waals surface area contributed by atoms with E-state index < -0.39 is 0 Å². The van der Waals surface area contributed by atoms with Gasteiger partial charge in [0.05, 0.1) is 18.8 Å². The maximum absolute atomic E-state index is 11.4. The lowest BCUT2D eigenvalue weighted by atomic mass is 10.2. The summed E-state index contributed by atoms with van der Waals surface area (Å²) in [5, 5.41) is 0. The molecule has 0 saturated carbocycles. The molecule has 0 aromatic rings. The van der Waals surface area contributed by atoms with Crippen LogP contribution in [0.15, 0.2) is 0 Å². The average molecular weight is 246 g/mol. The van der Waals surface area contributed by atoms with Gasteiger partial charge in [0, 0.05) is 19.6 Å². The second-order valence-corrected chi connectivity index (χ2v) is 4.85. The molecule has 4 heteroatoms. The van der Waals surface area contributed by atoms with Crippen LogP contribution in [0.2, 0.25) is 0 Å². The number of hydrogen-bond acceptors (Lipinski definition) is 4. The maximum atomic E-state index is 11.4. The fourth-order valence-electron chi connectivity index (χ4n) is 1.10. The number of carbonyl (C=O) groups is 1. The van der Waals surface area contributed by atoms with Crippen LogP contribution in [-0.2, 0) is 19.0 Å². The largest absolute Gasteiger partial charge is 0.379 e. The molecule has 17 heavy (non-hydrogen) atoms. The van der Waals surface area contributed by atoms with Crippen LogP contribution in [0.1, 0.15) is 40.5 Å². The predicted molar refractivity (Wildman–Crippen MR) is 67.3 cm³/mol. The third-order valence-corrected chi connectivity index (χ3v) is 1.99. The minimum Gasteiger partial charge on any atom is -0.379 e. The maximum Gasteiger partial charge on any atom is 0.158 e. The second-order valence-electron chi connectivity index (χ2n) is 4.85. The molecule has 0 amide bonds. The van der Waals surface area contributed by atoms with E-state index in [0.717, 1.165) is 6.42 Å². The number of ketones is 1. The minimum absolute atomic E-state index is 0.133. The van der Waals surface area contributed by atoms with Crippen molar-refractivity contribution in [3.63, 3.8) is 0 Å². The van der Waals surface area contributed by atoms with Crippen LogP contribution in [0.4, 0.5) is 0 Å². The summed E-state index contributed by atoms with van der Waals surface area (Å²) in [5.41, 5.74) is -0.246. The Morgan fingerprint density at radius 3 is 2.29 bits per heavy atom. The molecule has 0 saturated heterocycles. The number of hydrogen-bond donors (Lipinski definition) is 0. The van der Waals surface area contributed by atoms with E-state index >= 15 is 0 Å². The van der Waals surface area contributed by atoms with Crippen molar-refractivity contribution >= 4 is 5.78 Å². The molecular formula is C13H26O4. The third-order valence-electron chi connectivity index (χ3n) is 1.99. The Kier molecular flexibility index (Phi) is 9.31. The van der Waals surface area contributed by atoms with Gasteiger partial charge in [-0.1, -0.05) is 0 Å². The van der Waals surface area contributed by atoms with Gasteiger partial charge in [0.25, 0.3) is 0 Å². The topological polar surface area (TPSA) is 44.8 Å². The highest BCUT2D eigenvalue weighted by molar-refractivity contribution is 5.79. The van der Waals surface area contributed by atoms with Crippen molar-refractivity contribution in [3.05, 3.63) is 0 Å². The molecule has 102 valence electrons. The van der Waals surface area contributed by atoms with Gasteiger partial charge in [-0.15, -0.1) is 0 Å². The molecule has 0 aliphatic rings. The average Bonchev–Trinajstić information content (AvgIpc) is 2.24. The summed E-state index contributed by atoms with van der Waals surface area (Å²) >= 11 is 0. The van der Waals surface area contributed by atoms with Gasteiger partial charge < -0.3 is 14.2 Å². The lowest BCUT2D eigenvalue weighted by Crippen LogP contribution is -2.23. The van der Waals surface area contributed by atoms with Crippen molar-refractivity contribution in [2.24, 2.45) is 0 Å². The molecule has 0 unspecified atom stereocenters. The molecule has 0 aromatic heterocycles. The van der Waals surface area contributed by atoms with Crippen LogP contribution in [0.3, 0.4) is 0 Å². The van der Waals surface area contributed by atoms with E-state index in [1.165, 1.54) is 0 Å². The Morgan fingerprint density at radius 1 is 1.06 bits per heavy atom. The normalized spacial score (nSPS) is 11.8. The number of rotatable bonds is 10. The summed E-state index contributed by atoms with van der Waals surface area (Å²) in [7, 11) is 0. The van der Waals surface area contributed by atoms with Gasteiger partial charge in [0.2, 0.25) is 0 Å². The molecule has 0 aromatic carbocycles. The van der Waals surface area contributed by atoms with Crippen molar-refractivity contribution in [1.29, 1.82) is 0 Å². The Bertz CT molecular complexity index is 196. The van der Waals surface area contributed by atoms with E-state index in [2.05, 4.69) is 0 Å². The molecule has 0 fully saturated rings. The first kappa shape index (κ1) is 16.6. The highest BCUT2D eigenvalue weighted by atomic mass is 16.5. The van der Waals surface area contributed by atoms with Crippen LogP contribution in [0.5, 0.6) is 0 Å². The molecule has 0 heterocycles. The van der Waals surface area contributed by atoms with Crippen LogP contribution in [0.25, 0.3) is 0 Å². The molecule has 0 aliphatic heterocycles. The lowest BCUT2D eigenvalue weighted by molar-refractivity contribution is -0.128. The third kappa shape index (κ3) is 13.5. The van der Waals surface area contributed by atoms with Gasteiger partial charge >= 0.3 is 0 Å². The number of Topliss-reactive ketones (excluding diaryl/α,β-unsaturated/α-hetero) is 1. The summed E-state index contributed by atoms with van der Waals surface area (Å²) in [4.78, 5) is 11.4. The van der Waals surface area contributed by atoms with E-state index in [1.54, 1.807) is 0 Å². The van der Waals surface area contributed by atoms with E-state index in [-0.39, 0.29) is 18.0 Å². The Labute approximate surface area is 105 Å². The molecule has 0 aliphatic carbocycles. The number of ether oxygens (including phenoxy) is 3. The zero-order valence-corrected chi connectivity index (χ0v) is 11.6. The summed E-state index contributed by atoms with van der Waals surface area (Å²) in [5.74, 6) is 0.133. The van der Waals surface area contributed by atoms with Crippen molar-refractivity contribution in [3.8, 4) is 0 Å². The van der Waals surface area contributed by atoms with Crippen LogP contribution >= 0.6 is 0 Å². The quantitative estimate of drug-likeness (QED) is 0.554. The van der Waals surface area contributed by atoms with Gasteiger partial charge in [-0.05, 0) is 34.1 Å². The number of carbonyl (C=O) groups excluding carboxylic acids is 1. The van der Waals surface area contributed by atoms with Crippen molar-refractivity contribution in [2.45, 2.75) is 46.1 Å². The van der Waals surface area contributed by atoms with Crippen LogP contribution in [0, 0.1) is 0 Å². The van der Waals surface area contributed by atoms with E-state index in [9.17, 15) is 4.79 Å². The van der Waals surface area contributed by atoms with Crippen LogP contribution < -0.4 is 0 Å². The van der Waals surface area contributed by atoms with E-state index in [4.69, 9.17) is 14.2 Å². The SMILES string of the molecule is CCOCCOCCCC(=O)COC(C)(C)C. The first-order valence-electron chi connectivity index (χ1n) is 6.27. The highest BCUT2D eigenvalue weighted by Gasteiger charge is 2.12. The molecule has 0 N–H and O–H groups in total. The Morgan fingerprint density at radius 2 is 1.71 bits per heavy atom. The van der Waals surface area contributed by atoms with Gasteiger partial charge in [-0.3, -0.25) is 4.79 Å². The van der Waals surface area contributed by atoms with Gasteiger partial charge in [-0.2, -0.15) is 0 Å². The standard InChI is InChI=1S/C13H26O4/c1-5-15-9-10-16-8-6-7-12(14)11-17-13(2,3)4/h5-11H2,1-4H3. The van der Waals surface area contributed by atoms with Gasteiger partial charge in [0.15, 0.2) is 5.78 Å². The summed E-state index contributed by atoms with van der Waals surface area (Å²) in [6.45, 7) is 10.5. The molecule has 0 radical (unpaired) electrons. The lowest BCUT2D eigenvalue weighted by Gasteiger charge is -2.18. The predicted octanol–water partition coefficient (Wildman–Crippen LogP) is 2.20. The fraction of sp³-hybridized carbons (Fsp3) is 0.923. The van der Waals surface area contributed by atoms with Crippen molar-refractivity contribution in [1.82, 2.24) is 0 Å². The first-order chi connectivity index (χ1) is 7.95. The summed E-state index contributed by atoms with van der Waals surface area (Å²) in [6, 6.07) is 0. The second kappa shape index (κ2) is 9.57. The minimum atomic E-state index is -0.246. The van der Waals surface area contributed by atoms with Crippen LogP contribution in [-0.4, -0.2) is 44.4 Å². The molecular weight excluding hydrogens is 220 g/mol.